The Hall–Kier alpha value is -1.07. The quantitative estimate of drug-likeness (QED) is 0.773. The van der Waals surface area contributed by atoms with Crippen LogP contribution in [0.25, 0.3) is 0 Å². The van der Waals surface area contributed by atoms with Crippen LogP contribution in [0, 0.1) is 0 Å². The zero-order chi connectivity index (χ0) is 13.4. The third-order valence-electron chi connectivity index (χ3n) is 2.70. The normalized spacial score (nSPS) is 11.4. The molecule has 0 radical (unpaired) electrons. The minimum absolute atomic E-state index is 0.235. The third-order valence-corrected chi connectivity index (χ3v) is 3.73. The lowest BCUT2D eigenvalue weighted by Crippen LogP contribution is -2.28. The van der Waals surface area contributed by atoms with E-state index in [9.17, 15) is 8.42 Å². The van der Waals surface area contributed by atoms with E-state index in [1.165, 1.54) is 6.26 Å². The summed E-state index contributed by atoms with van der Waals surface area (Å²) in [5.41, 5.74) is 6.65. The highest BCUT2D eigenvalue weighted by atomic mass is 32.2. The summed E-state index contributed by atoms with van der Waals surface area (Å²) in [6.07, 6.45) is 2.84. The van der Waals surface area contributed by atoms with Crippen molar-refractivity contribution in [3.8, 4) is 0 Å². The summed E-state index contributed by atoms with van der Waals surface area (Å²) in [5, 5.41) is 0. The molecule has 0 unspecified atom stereocenters. The van der Waals surface area contributed by atoms with E-state index in [-0.39, 0.29) is 5.75 Å². The zero-order valence-electron chi connectivity index (χ0n) is 10.9. The van der Waals surface area contributed by atoms with Crippen LogP contribution >= 0.6 is 0 Å². The first-order chi connectivity index (χ1) is 8.53. The number of nitrogens with two attached hydrogens (primary N) is 1. The highest BCUT2D eigenvalue weighted by molar-refractivity contribution is 7.90. The fourth-order valence-corrected chi connectivity index (χ4v) is 2.46. The van der Waals surface area contributed by atoms with Crippen LogP contribution < -0.4 is 10.6 Å². The number of para-hydroxylation sites is 1. The van der Waals surface area contributed by atoms with Gasteiger partial charge >= 0.3 is 0 Å². The Balaban J connectivity index is 2.56. The molecule has 5 heteroatoms. The van der Waals surface area contributed by atoms with Gasteiger partial charge in [-0.25, -0.2) is 8.42 Å². The summed E-state index contributed by atoms with van der Waals surface area (Å²) in [5.74, 6) is 0.235. The monoisotopic (exact) mass is 270 g/mol. The fourth-order valence-electron chi connectivity index (χ4n) is 1.81. The summed E-state index contributed by atoms with van der Waals surface area (Å²) in [4.78, 5) is 2.19. The van der Waals surface area contributed by atoms with Crippen molar-refractivity contribution < 1.29 is 8.42 Å². The summed E-state index contributed by atoms with van der Waals surface area (Å²) in [6.45, 7) is 2.26. The van der Waals surface area contributed by atoms with Crippen LogP contribution in [0.4, 0.5) is 5.69 Å². The Morgan fingerprint density at radius 1 is 1.11 bits per heavy atom. The van der Waals surface area contributed by atoms with E-state index in [1.807, 2.05) is 30.3 Å². The maximum absolute atomic E-state index is 11.1. The molecular weight excluding hydrogens is 248 g/mol. The van der Waals surface area contributed by atoms with Crippen molar-refractivity contribution in [2.45, 2.75) is 12.8 Å². The largest absolute Gasteiger partial charge is 0.371 e. The molecule has 0 fully saturated rings. The predicted octanol–water partition coefficient (Wildman–Crippen LogP) is 1.28. The molecule has 18 heavy (non-hydrogen) atoms. The van der Waals surface area contributed by atoms with Crippen LogP contribution in [0.3, 0.4) is 0 Å². The van der Waals surface area contributed by atoms with Gasteiger partial charge in [-0.05, 0) is 31.5 Å². The summed E-state index contributed by atoms with van der Waals surface area (Å²) in [7, 11) is -2.87. The lowest BCUT2D eigenvalue weighted by atomic mass is 10.2. The molecule has 1 aromatic carbocycles. The van der Waals surface area contributed by atoms with Gasteiger partial charge in [-0.15, -0.1) is 0 Å². The molecule has 1 rings (SSSR count). The molecule has 0 saturated heterocycles. The lowest BCUT2D eigenvalue weighted by molar-refractivity contribution is 0.598. The first kappa shape index (κ1) is 15.0. The van der Waals surface area contributed by atoms with Crippen LogP contribution in [-0.4, -0.2) is 40.1 Å². The van der Waals surface area contributed by atoms with Crippen LogP contribution in [0.15, 0.2) is 30.3 Å². The van der Waals surface area contributed by atoms with Gasteiger partial charge in [0.2, 0.25) is 0 Å². The Bertz CT molecular complexity index is 432. The van der Waals surface area contributed by atoms with E-state index in [1.54, 1.807) is 0 Å². The number of benzene rings is 1. The smallest absolute Gasteiger partial charge is 0.147 e. The van der Waals surface area contributed by atoms with Gasteiger partial charge in [-0.3, -0.25) is 0 Å². The summed E-state index contributed by atoms with van der Waals surface area (Å²) >= 11 is 0. The maximum Gasteiger partial charge on any atom is 0.147 e. The Morgan fingerprint density at radius 3 is 2.28 bits per heavy atom. The van der Waals surface area contributed by atoms with Crippen LogP contribution in [0.1, 0.15) is 12.8 Å². The van der Waals surface area contributed by atoms with E-state index >= 15 is 0 Å². The van der Waals surface area contributed by atoms with Crippen molar-refractivity contribution in [1.82, 2.24) is 0 Å². The molecule has 0 aliphatic heterocycles. The molecule has 4 nitrogen and oxygen atoms in total. The van der Waals surface area contributed by atoms with Crippen LogP contribution in [-0.2, 0) is 9.84 Å². The number of nitrogens with zero attached hydrogens (tertiary/aromatic N) is 1. The molecule has 0 bridgehead atoms. The molecule has 1 aromatic rings. The van der Waals surface area contributed by atoms with Crippen molar-refractivity contribution in [1.29, 1.82) is 0 Å². The van der Waals surface area contributed by atoms with E-state index in [4.69, 9.17) is 5.73 Å². The van der Waals surface area contributed by atoms with Crippen LogP contribution in [0.5, 0.6) is 0 Å². The minimum Gasteiger partial charge on any atom is -0.371 e. The average Bonchev–Trinajstić information content (AvgIpc) is 2.33. The van der Waals surface area contributed by atoms with Crippen molar-refractivity contribution in [2.75, 3.05) is 36.5 Å². The fraction of sp³-hybridized carbons (Fsp3) is 0.538. The van der Waals surface area contributed by atoms with Gasteiger partial charge in [0.05, 0.1) is 5.75 Å². The molecule has 0 atom stereocenters. The molecule has 0 amide bonds. The molecule has 0 heterocycles. The van der Waals surface area contributed by atoms with E-state index in [0.717, 1.165) is 25.2 Å². The second-order valence-electron chi connectivity index (χ2n) is 4.45. The van der Waals surface area contributed by atoms with Gasteiger partial charge < -0.3 is 10.6 Å². The SMILES string of the molecule is CS(=O)(=O)CCCN(CCCN)c1ccccc1. The maximum atomic E-state index is 11.1. The third kappa shape index (κ3) is 6.02. The van der Waals surface area contributed by atoms with Crippen molar-refractivity contribution in [2.24, 2.45) is 5.73 Å². The first-order valence-corrected chi connectivity index (χ1v) is 8.27. The van der Waals surface area contributed by atoms with Crippen molar-refractivity contribution >= 4 is 15.5 Å². The molecule has 0 aromatic heterocycles. The first-order valence-electron chi connectivity index (χ1n) is 6.21. The number of rotatable bonds is 8. The van der Waals surface area contributed by atoms with Gasteiger partial charge in [0.1, 0.15) is 9.84 Å². The lowest BCUT2D eigenvalue weighted by Gasteiger charge is -2.24. The standard InChI is InChI=1S/C13H22N2O2S/c1-18(16,17)12-6-11-15(10-5-9-14)13-7-3-2-4-8-13/h2-4,7-8H,5-6,9-12,14H2,1H3. The molecule has 0 aliphatic rings. The molecule has 0 saturated carbocycles. The second kappa shape index (κ2) is 7.38. The highest BCUT2D eigenvalue weighted by Gasteiger charge is 2.07. The van der Waals surface area contributed by atoms with Crippen molar-refractivity contribution in [3.05, 3.63) is 30.3 Å². The van der Waals surface area contributed by atoms with Gasteiger partial charge in [0.15, 0.2) is 0 Å². The van der Waals surface area contributed by atoms with Crippen molar-refractivity contribution in [3.63, 3.8) is 0 Å². The van der Waals surface area contributed by atoms with Gasteiger partial charge in [0.25, 0.3) is 0 Å². The average molecular weight is 270 g/mol. The Labute approximate surface area is 110 Å². The number of anilines is 1. The second-order valence-corrected chi connectivity index (χ2v) is 6.71. The molecule has 0 spiro atoms. The van der Waals surface area contributed by atoms with E-state index in [2.05, 4.69) is 4.90 Å². The minimum atomic E-state index is -2.87. The molecule has 2 N–H and O–H groups in total. The molecular formula is C13H22N2O2S. The topological polar surface area (TPSA) is 63.4 Å². The molecule has 102 valence electrons. The van der Waals surface area contributed by atoms with Gasteiger partial charge in [-0.1, -0.05) is 18.2 Å². The summed E-state index contributed by atoms with van der Waals surface area (Å²) in [6, 6.07) is 10.0. The van der Waals surface area contributed by atoms with E-state index < -0.39 is 9.84 Å². The van der Waals surface area contributed by atoms with E-state index in [0.29, 0.717) is 13.0 Å². The number of hydrogen-bond donors (Lipinski definition) is 1. The summed E-state index contributed by atoms with van der Waals surface area (Å²) < 4.78 is 22.2. The van der Waals surface area contributed by atoms with Gasteiger partial charge in [0, 0.05) is 25.0 Å². The number of sulfone groups is 1. The Kier molecular flexibility index (Phi) is 6.15. The predicted molar refractivity (Wildman–Crippen MR) is 76.7 cm³/mol. The highest BCUT2D eigenvalue weighted by Crippen LogP contribution is 2.14. The number of hydrogen-bond acceptors (Lipinski definition) is 4. The van der Waals surface area contributed by atoms with Crippen LogP contribution in [0.2, 0.25) is 0 Å². The zero-order valence-corrected chi connectivity index (χ0v) is 11.7. The Morgan fingerprint density at radius 2 is 1.72 bits per heavy atom. The van der Waals surface area contributed by atoms with Gasteiger partial charge in [-0.2, -0.15) is 0 Å². The molecule has 0 aliphatic carbocycles.